The molecule has 4 N–H and O–H groups in total. The summed E-state index contributed by atoms with van der Waals surface area (Å²) in [4.78, 5) is 0. The molecule has 0 aromatic carbocycles. The molecule has 18 heavy (non-hydrogen) atoms. The molecule has 0 unspecified atom stereocenters. The number of thioether (sulfide) groups is 1. The Bertz CT molecular complexity index is 278. The normalized spacial score (nSPS) is 18.9. The number of hydrogen-bond donors (Lipinski definition) is 3. The molecule has 106 valence electrons. The monoisotopic (exact) mass is 273 g/mol. The Morgan fingerprint density at radius 2 is 2.06 bits per heavy atom. The molecule has 0 bridgehead atoms. The molecule has 0 radical (unpaired) electrons. The van der Waals surface area contributed by atoms with E-state index in [-0.39, 0.29) is 5.41 Å². The van der Waals surface area contributed by atoms with Gasteiger partial charge in [0.2, 0.25) is 0 Å². The zero-order valence-corrected chi connectivity index (χ0v) is 12.6. The third kappa shape index (κ3) is 4.05. The molecule has 4 nitrogen and oxygen atoms in total. The lowest BCUT2D eigenvalue weighted by molar-refractivity contribution is 0.314. The van der Waals surface area contributed by atoms with Crippen molar-refractivity contribution in [1.82, 2.24) is 5.32 Å². The van der Waals surface area contributed by atoms with E-state index < -0.39 is 0 Å². The summed E-state index contributed by atoms with van der Waals surface area (Å²) in [6.07, 6.45) is 7.64. The Labute approximate surface area is 115 Å². The highest BCUT2D eigenvalue weighted by molar-refractivity contribution is 8.00. The lowest BCUT2D eigenvalue weighted by Crippen LogP contribution is -2.39. The van der Waals surface area contributed by atoms with Gasteiger partial charge < -0.3 is 16.3 Å². The first-order chi connectivity index (χ1) is 8.55. The molecule has 0 atom stereocenters. The number of oxime groups is 1. The number of hydrogen-bond acceptors (Lipinski definition) is 4. The van der Waals surface area contributed by atoms with Gasteiger partial charge in [0.05, 0.1) is 0 Å². The van der Waals surface area contributed by atoms with E-state index in [1.54, 1.807) is 0 Å². The van der Waals surface area contributed by atoms with Crippen LogP contribution in [0.3, 0.4) is 0 Å². The van der Waals surface area contributed by atoms with E-state index in [2.05, 4.69) is 30.6 Å². The number of nitrogens with one attached hydrogen (secondary N) is 1. The fraction of sp³-hybridized carbons (Fsp3) is 0.923. The summed E-state index contributed by atoms with van der Waals surface area (Å²) in [7, 11) is 0. The molecule has 1 saturated carbocycles. The van der Waals surface area contributed by atoms with Crippen LogP contribution in [-0.2, 0) is 0 Å². The van der Waals surface area contributed by atoms with Crippen LogP contribution in [0, 0.1) is 5.41 Å². The fourth-order valence-corrected chi connectivity index (χ4v) is 3.25. The van der Waals surface area contributed by atoms with Crippen molar-refractivity contribution in [2.45, 2.75) is 50.7 Å². The molecule has 0 spiro atoms. The average Bonchev–Trinajstić information content (AvgIpc) is 3.15. The Kier molecular flexibility index (Phi) is 5.79. The zero-order chi connectivity index (χ0) is 13.6. The van der Waals surface area contributed by atoms with Crippen LogP contribution in [0.4, 0.5) is 0 Å². The van der Waals surface area contributed by atoms with Crippen molar-refractivity contribution in [2.75, 3.05) is 19.3 Å². The molecule has 0 heterocycles. The summed E-state index contributed by atoms with van der Waals surface area (Å²) in [5, 5.41) is 15.3. The van der Waals surface area contributed by atoms with Gasteiger partial charge in [-0.2, -0.15) is 11.8 Å². The van der Waals surface area contributed by atoms with Crippen molar-refractivity contribution in [1.29, 1.82) is 0 Å². The Morgan fingerprint density at radius 3 is 2.44 bits per heavy atom. The highest BCUT2D eigenvalue weighted by Gasteiger charge is 2.43. The van der Waals surface area contributed by atoms with Crippen LogP contribution >= 0.6 is 11.8 Å². The van der Waals surface area contributed by atoms with E-state index in [0.29, 0.717) is 17.0 Å². The Hall–Kier alpha value is -0.420. The van der Waals surface area contributed by atoms with Crippen molar-refractivity contribution in [3.8, 4) is 0 Å². The van der Waals surface area contributed by atoms with Crippen molar-refractivity contribution < 1.29 is 5.21 Å². The molecule has 0 aliphatic heterocycles. The van der Waals surface area contributed by atoms with Crippen molar-refractivity contribution >= 4 is 17.6 Å². The van der Waals surface area contributed by atoms with Crippen molar-refractivity contribution in [3.05, 3.63) is 0 Å². The van der Waals surface area contributed by atoms with Gasteiger partial charge in [0, 0.05) is 24.3 Å². The van der Waals surface area contributed by atoms with Crippen LogP contribution in [0.15, 0.2) is 5.16 Å². The molecule has 1 aliphatic carbocycles. The van der Waals surface area contributed by atoms with E-state index >= 15 is 0 Å². The van der Waals surface area contributed by atoms with Crippen LogP contribution in [0.5, 0.6) is 0 Å². The average molecular weight is 273 g/mol. The van der Waals surface area contributed by atoms with Gasteiger partial charge in [0.1, 0.15) is 5.84 Å². The number of nitrogens with two attached hydrogens (primary N) is 1. The largest absolute Gasteiger partial charge is 0.409 e. The van der Waals surface area contributed by atoms with Gasteiger partial charge >= 0.3 is 0 Å². The molecule has 0 saturated heterocycles. The lowest BCUT2D eigenvalue weighted by atomic mass is 9.99. The molecule has 1 rings (SSSR count). The molecular weight excluding hydrogens is 246 g/mol. The number of amidine groups is 1. The van der Waals surface area contributed by atoms with Gasteiger partial charge in [-0.3, -0.25) is 0 Å². The van der Waals surface area contributed by atoms with E-state index in [0.717, 1.165) is 13.1 Å². The second-order valence-electron chi connectivity index (χ2n) is 5.47. The first kappa shape index (κ1) is 15.6. The molecule has 5 heteroatoms. The van der Waals surface area contributed by atoms with E-state index in [4.69, 9.17) is 10.9 Å². The molecule has 1 fully saturated rings. The van der Waals surface area contributed by atoms with Crippen LogP contribution in [0.25, 0.3) is 0 Å². The SMILES string of the molecule is CCC(CC)(CNCC1(CC(N)=NO)CC1)SC. The maximum absolute atomic E-state index is 8.63. The smallest absolute Gasteiger partial charge is 0.139 e. The first-order valence-electron chi connectivity index (χ1n) is 6.77. The number of rotatable bonds is 9. The first-order valence-corrected chi connectivity index (χ1v) is 8.00. The van der Waals surface area contributed by atoms with Crippen molar-refractivity contribution in [3.63, 3.8) is 0 Å². The van der Waals surface area contributed by atoms with E-state index in [9.17, 15) is 0 Å². The maximum atomic E-state index is 8.63. The molecular formula is C13H27N3OS. The summed E-state index contributed by atoms with van der Waals surface area (Å²) >= 11 is 1.96. The lowest BCUT2D eigenvalue weighted by Gasteiger charge is -2.31. The zero-order valence-electron chi connectivity index (χ0n) is 11.8. The molecule has 0 amide bonds. The topological polar surface area (TPSA) is 70.6 Å². The summed E-state index contributed by atoms with van der Waals surface area (Å²) in [5.74, 6) is 0.358. The van der Waals surface area contributed by atoms with Crippen LogP contribution in [0.1, 0.15) is 46.0 Å². The van der Waals surface area contributed by atoms with E-state index in [1.807, 2.05) is 11.8 Å². The second kappa shape index (κ2) is 6.66. The summed E-state index contributed by atoms with van der Waals surface area (Å²) in [6, 6.07) is 0. The van der Waals surface area contributed by atoms with Crippen molar-refractivity contribution in [2.24, 2.45) is 16.3 Å². The van der Waals surface area contributed by atoms with Crippen LogP contribution < -0.4 is 11.1 Å². The minimum absolute atomic E-state index is 0.252. The Balaban J connectivity index is 2.37. The predicted octanol–water partition coefficient (Wildman–Crippen LogP) is 2.41. The van der Waals surface area contributed by atoms with Gasteiger partial charge in [-0.15, -0.1) is 0 Å². The highest BCUT2D eigenvalue weighted by Crippen LogP contribution is 2.48. The van der Waals surface area contributed by atoms with E-state index in [1.165, 1.54) is 25.7 Å². The minimum atomic E-state index is 0.252. The summed E-state index contributed by atoms with van der Waals surface area (Å²) in [5.41, 5.74) is 5.86. The maximum Gasteiger partial charge on any atom is 0.139 e. The molecule has 0 aromatic heterocycles. The summed E-state index contributed by atoms with van der Waals surface area (Å²) < 4.78 is 0.354. The second-order valence-corrected chi connectivity index (χ2v) is 6.74. The predicted molar refractivity (Wildman–Crippen MR) is 79.4 cm³/mol. The van der Waals surface area contributed by atoms with Gasteiger partial charge in [-0.05, 0) is 37.4 Å². The third-order valence-corrected chi connectivity index (χ3v) is 5.90. The third-order valence-electron chi connectivity index (χ3n) is 4.31. The van der Waals surface area contributed by atoms with Gasteiger partial charge in [0.25, 0.3) is 0 Å². The van der Waals surface area contributed by atoms with Gasteiger partial charge in [-0.25, -0.2) is 0 Å². The quantitative estimate of drug-likeness (QED) is 0.261. The fourth-order valence-electron chi connectivity index (χ4n) is 2.43. The van der Waals surface area contributed by atoms with Gasteiger partial charge in [0.15, 0.2) is 0 Å². The Morgan fingerprint density at radius 1 is 1.44 bits per heavy atom. The standard InChI is InChI=1S/C13H27N3OS/c1-4-13(5-2,18-3)10-15-9-12(6-7-12)8-11(14)16-17/h15,17H,4-10H2,1-3H3,(H2,14,16). The van der Waals surface area contributed by atoms with Crippen LogP contribution in [-0.4, -0.2) is 35.1 Å². The highest BCUT2D eigenvalue weighted by atomic mass is 32.2. The van der Waals surface area contributed by atoms with Gasteiger partial charge in [-0.1, -0.05) is 19.0 Å². The number of nitrogens with zero attached hydrogens (tertiary/aromatic N) is 1. The molecule has 1 aliphatic rings. The summed E-state index contributed by atoms with van der Waals surface area (Å²) in [6.45, 7) is 6.53. The van der Waals surface area contributed by atoms with Crippen LogP contribution in [0.2, 0.25) is 0 Å². The molecule has 0 aromatic rings. The minimum Gasteiger partial charge on any atom is -0.409 e.